The van der Waals surface area contributed by atoms with Gasteiger partial charge in [-0.3, -0.25) is 14.8 Å². The molecule has 0 fully saturated rings. The Balaban J connectivity index is 2.19. The minimum atomic E-state index is -0.467. The van der Waals surface area contributed by atoms with Crippen LogP contribution < -0.4 is 0 Å². The molecule has 2 heterocycles. The van der Waals surface area contributed by atoms with E-state index in [0.717, 1.165) is 11.3 Å². The van der Waals surface area contributed by atoms with Crippen LogP contribution in [0, 0.1) is 17.0 Å². The van der Waals surface area contributed by atoms with E-state index < -0.39 is 4.92 Å². The average molecular weight is 244 g/mol. The van der Waals surface area contributed by atoms with Crippen LogP contribution in [-0.4, -0.2) is 19.7 Å². The van der Waals surface area contributed by atoms with E-state index in [2.05, 4.69) is 10.1 Å². The third-order valence-corrected chi connectivity index (χ3v) is 2.69. The summed E-state index contributed by atoms with van der Waals surface area (Å²) in [5.74, 6) is 0. The number of nitro groups is 1. The molecule has 0 amide bonds. The third-order valence-electron chi connectivity index (χ3n) is 2.69. The van der Waals surface area contributed by atoms with Crippen LogP contribution >= 0.6 is 0 Å². The van der Waals surface area contributed by atoms with E-state index in [-0.39, 0.29) is 5.69 Å². The normalized spacial score (nSPS) is 11.0. The summed E-state index contributed by atoms with van der Waals surface area (Å²) in [6.07, 6.45) is 6.69. The summed E-state index contributed by atoms with van der Waals surface area (Å²) < 4.78 is 1.78. The van der Waals surface area contributed by atoms with Crippen LogP contribution in [0.1, 0.15) is 17.0 Å². The van der Waals surface area contributed by atoms with Crippen LogP contribution in [-0.2, 0) is 7.05 Å². The van der Waals surface area contributed by atoms with E-state index in [0.29, 0.717) is 5.69 Å². The number of nitrogens with zero attached hydrogens (tertiary/aromatic N) is 4. The molecular weight excluding hydrogens is 232 g/mol. The summed E-state index contributed by atoms with van der Waals surface area (Å²) in [5, 5.41) is 14.6. The highest BCUT2D eigenvalue weighted by atomic mass is 16.6. The zero-order valence-electron chi connectivity index (χ0n) is 10.1. The number of hydrogen-bond donors (Lipinski definition) is 0. The number of rotatable bonds is 3. The van der Waals surface area contributed by atoms with E-state index in [1.54, 1.807) is 23.0 Å². The molecule has 0 radical (unpaired) electrons. The lowest BCUT2D eigenvalue weighted by molar-refractivity contribution is -0.385. The maximum Gasteiger partial charge on any atom is 0.287 e. The first-order chi connectivity index (χ1) is 8.58. The smallest absolute Gasteiger partial charge is 0.272 e. The summed E-state index contributed by atoms with van der Waals surface area (Å²) in [6, 6.07) is 3.04. The largest absolute Gasteiger partial charge is 0.287 e. The van der Waals surface area contributed by atoms with E-state index in [9.17, 15) is 10.1 Å². The van der Waals surface area contributed by atoms with Gasteiger partial charge in [-0.05, 0) is 25.1 Å². The highest BCUT2D eigenvalue weighted by Gasteiger charge is 2.04. The van der Waals surface area contributed by atoms with Crippen LogP contribution in [0.2, 0.25) is 0 Å². The number of aromatic nitrogens is 3. The Labute approximate surface area is 104 Å². The molecule has 0 saturated heterocycles. The maximum atomic E-state index is 10.5. The Hall–Kier alpha value is -2.50. The Morgan fingerprint density at radius 3 is 2.61 bits per heavy atom. The number of aryl methyl sites for hydroxylation is 1. The molecule has 2 aromatic rings. The van der Waals surface area contributed by atoms with Crippen molar-refractivity contribution in [2.45, 2.75) is 6.92 Å². The van der Waals surface area contributed by atoms with Gasteiger partial charge in [0.05, 0.1) is 16.8 Å². The van der Waals surface area contributed by atoms with Crippen molar-refractivity contribution in [1.82, 2.24) is 14.8 Å². The van der Waals surface area contributed by atoms with Crippen LogP contribution in [0.25, 0.3) is 12.2 Å². The van der Waals surface area contributed by atoms with Gasteiger partial charge in [0, 0.05) is 24.4 Å². The molecule has 0 N–H and O–H groups in total. The van der Waals surface area contributed by atoms with Gasteiger partial charge in [-0.2, -0.15) is 5.10 Å². The van der Waals surface area contributed by atoms with Crippen molar-refractivity contribution in [3.05, 3.63) is 51.6 Å². The van der Waals surface area contributed by atoms with Gasteiger partial charge in [-0.25, -0.2) is 4.98 Å². The Kier molecular flexibility index (Phi) is 3.18. The van der Waals surface area contributed by atoms with Gasteiger partial charge in [0.2, 0.25) is 0 Å². The molecule has 2 rings (SSSR count). The van der Waals surface area contributed by atoms with Crippen molar-refractivity contribution in [3.63, 3.8) is 0 Å². The summed E-state index contributed by atoms with van der Waals surface area (Å²) in [7, 11) is 1.87. The molecule has 0 aliphatic heterocycles. The fraction of sp³-hybridized carbons (Fsp3) is 0.167. The maximum absolute atomic E-state index is 10.5. The lowest BCUT2D eigenvalue weighted by atomic mass is 10.2. The molecule has 0 aliphatic rings. The summed E-state index contributed by atoms with van der Waals surface area (Å²) in [4.78, 5) is 14.0. The molecule has 2 aromatic heterocycles. The Morgan fingerprint density at radius 2 is 2.11 bits per heavy atom. The molecule has 0 aliphatic carbocycles. The first kappa shape index (κ1) is 12.0. The standard InChI is InChI=1S/C12H12N4O2/c1-9-10(7-14-15(9)2)3-4-11-5-6-12(8-13-11)16(17)18/h3-8H,1-2H3/b4-3+. The lowest BCUT2D eigenvalue weighted by Crippen LogP contribution is -1.92. The topological polar surface area (TPSA) is 73.8 Å². The first-order valence-corrected chi connectivity index (χ1v) is 5.35. The average Bonchev–Trinajstić information content (AvgIpc) is 2.68. The van der Waals surface area contributed by atoms with Crippen LogP contribution in [0.5, 0.6) is 0 Å². The molecule has 92 valence electrons. The third kappa shape index (κ3) is 2.42. The van der Waals surface area contributed by atoms with E-state index in [4.69, 9.17) is 0 Å². The molecule has 0 atom stereocenters. The van der Waals surface area contributed by atoms with Crippen LogP contribution in [0.15, 0.2) is 24.5 Å². The van der Waals surface area contributed by atoms with Gasteiger partial charge >= 0.3 is 0 Å². The molecule has 0 saturated carbocycles. The predicted molar refractivity (Wildman–Crippen MR) is 67.8 cm³/mol. The van der Waals surface area contributed by atoms with Gasteiger partial charge in [0.25, 0.3) is 5.69 Å². The predicted octanol–water partition coefficient (Wildman–Crippen LogP) is 2.20. The van der Waals surface area contributed by atoms with Gasteiger partial charge in [-0.1, -0.05) is 0 Å². The number of hydrogen-bond acceptors (Lipinski definition) is 4. The fourth-order valence-corrected chi connectivity index (χ4v) is 1.46. The van der Waals surface area contributed by atoms with Crippen LogP contribution in [0.4, 0.5) is 5.69 Å². The van der Waals surface area contributed by atoms with Crippen molar-refractivity contribution in [3.8, 4) is 0 Å². The van der Waals surface area contributed by atoms with E-state index >= 15 is 0 Å². The Morgan fingerprint density at radius 1 is 1.33 bits per heavy atom. The van der Waals surface area contributed by atoms with Crippen LogP contribution in [0.3, 0.4) is 0 Å². The van der Waals surface area contributed by atoms with Crippen molar-refractivity contribution in [2.24, 2.45) is 7.05 Å². The van der Waals surface area contributed by atoms with Crippen molar-refractivity contribution < 1.29 is 4.92 Å². The molecule has 0 spiro atoms. The van der Waals surface area contributed by atoms with Crippen molar-refractivity contribution in [1.29, 1.82) is 0 Å². The zero-order chi connectivity index (χ0) is 13.1. The molecule has 0 unspecified atom stereocenters. The molecule has 0 aromatic carbocycles. The minimum Gasteiger partial charge on any atom is -0.272 e. The summed E-state index contributed by atoms with van der Waals surface area (Å²) >= 11 is 0. The van der Waals surface area contributed by atoms with Gasteiger partial charge < -0.3 is 0 Å². The highest BCUT2D eigenvalue weighted by Crippen LogP contribution is 2.13. The van der Waals surface area contributed by atoms with Gasteiger partial charge in [0.1, 0.15) is 6.20 Å². The fourth-order valence-electron chi connectivity index (χ4n) is 1.46. The summed E-state index contributed by atoms with van der Waals surface area (Å²) in [5.41, 5.74) is 2.71. The van der Waals surface area contributed by atoms with E-state index in [1.807, 2.05) is 20.0 Å². The summed E-state index contributed by atoms with van der Waals surface area (Å²) in [6.45, 7) is 1.97. The monoisotopic (exact) mass is 244 g/mol. The second-order valence-corrected chi connectivity index (χ2v) is 3.84. The van der Waals surface area contributed by atoms with Gasteiger partial charge in [-0.15, -0.1) is 0 Å². The molecule has 6 nitrogen and oxygen atoms in total. The molecule has 0 bridgehead atoms. The minimum absolute atomic E-state index is 0.00953. The zero-order valence-corrected chi connectivity index (χ0v) is 10.1. The molecule has 6 heteroatoms. The Bertz CT molecular complexity index is 599. The van der Waals surface area contributed by atoms with Gasteiger partial charge in [0.15, 0.2) is 0 Å². The van der Waals surface area contributed by atoms with Crippen molar-refractivity contribution in [2.75, 3.05) is 0 Å². The quantitative estimate of drug-likeness (QED) is 0.612. The molecular formula is C12H12N4O2. The molecule has 18 heavy (non-hydrogen) atoms. The van der Waals surface area contributed by atoms with E-state index in [1.165, 1.54) is 12.3 Å². The highest BCUT2D eigenvalue weighted by molar-refractivity contribution is 5.68. The first-order valence-electron chi connectivity index (χ1n) is 5.35. The second kappa shape index (κ2) is 4.79. The lowest BCUT2D eigenvalue weighted by Gasteiger charge is -1.95. The second-order valence-electron chi connectivity index (χ2n) is 3.84. The van der Waals surface area contributed by atoms with Crippen molar-refractivity contribution >= 4 is 17.8 Å². The SMILES string of the molecule is Cc1c(/C=C/c2ccc([N+](=O)[O-])cn2)cnn1C. The number of pyridine rings is 1.